The molecule has 4 nitrogen and oxygen atoms in total. The molecule has 0 aromatic carbocycles. The molecule has 1 amide bonds. The maximum absolute atomic E-state index is 11.4. The average Bonchev–Trinajstić information content (AvgIpc) is 2.71. The van der Waals surface area contributed by atoms with E-state index in [1.165, 1.54) is 0 Å². The molecule has 1 aromatic heterocycles. The Kier molecular flexibility index (Phi) is 2.06. The maximum atomic E-state index is 11.4. The zero-order valence-electron chi connectivity index (χ0n) is 7.36. The summed E-state index contributed by atoms with van der Waals surface area (Å²) in [5, 5.41) is 0. The monoisotopic (exact) mass is 179 g/mol. The highest BCUT2D eigenvalue weighted by molar-refractivity contribution is 5.83. The Hall–Kier alpha value is -1.29. The largest absolute Gasteiger partial charge is 0.364 e. The summed E-state index contributed by atoms with van der Waals surface area (Å²) in [5.41, 5.74) is 6.65. The Balaban J connectivity index is 2.00. The summed E-state index contributed by atoms with van der Waals surface area (Å²) in [6, 6.07) is 3.61. The van der Waals surface area contributed by atoms with E-state index >= 15 is 0 Å². The van der Waals surface area contributed by atoms with E-state index in [9.17, 15) is 4.79 Å². The van der Waals surface area contributed by atoms with Crippen LogP contribution < -0.4 is 5.73 Å². The molecule has 3 N–H and O–H groups in total. The van der Waals surface area contributed by atoms with Crippen LogP contribution in [-0.2, 0) is 11.3 Å². The molecule has 13 heavy (non-hydrogen) atoms. The van der Waals surface area contributed by atoms with Crippen LogP contribution in [0.4, 0.5) is 0 Å². The first-order valence-corrected chi connectivity index (χ1v) is 4.44. The second kappa shape index (κ2) is 3.22. The first-order chi connectivity index (χ1) is 6.27. The van der Waals surface area contributed by atoms with Crippen molar-refractivity contribution in [2.24, 2.45) is 5.73 Å². The molecule has 2 heterocycles. The van der Waals surface area contributed by atoms with Crippen molar-refractivity contribution in [2.75, 3.05) is 6.54 Å². The van der Waals surface area contributed by atoms with Crippen molar-refractivity contribution in [1.29, 1.82) is 0 Å². The van der Waals surface area contributed by atoms with E-state index in [4.69, 9.17) is 5.73 Å². The van der Waals surface area contributed by atoms with Gasteiger partial charge in [0.2, 0.25) is 5.91 Å². The van der Waals surface area contributed by atoms with Crippen molar-refractivity contribution in [3.63, 3.8) is 0 Å². The van der Waals surface area contributed by atoms with Crippen LogP contribution in [0.15, 0.2) is 18.3 Å². The summed E-state index contributed by atoms with van der Waals surface area (Å²) in [5.74, 6) is 0.0644. The lowest BCUT2D eigenvalue weighted by molar-refractivity contribution is -0.129. The lowest BCUT2D eigenvalue weighted by Gasteiger charge is -2.14. The van der Waals surface area contributed by atoms with Gasteiger partial charge in [-0.3, -0.25) is 4.79 Å². The van der Waals surface area contributed by atoms with Crippen molar-refractivity contribution in [3.05, 3.63) is 24.0 Å². The van der Waals surface area contributed by atoms with Crippen LogP contribution in [0.1, 0.15) is 12.1 Å². The number of rotatable bonds is 2. The van der Waals surface area contributed by atoms with Gasteiger partial charge >= 0.3 is 0 Å². The summed E-state index contributed by atoms with van der Waals surface area (Å²) < 4.78 is 0. The molecule has 0 aliphatic carbocycles. The molecular formula is C9H13N3O. The van der Waals surface area contributed by atoms with Gasteiger partial charge in [0.15, 0.2) is 0 Å². The molecule has 1 saturated heterocycles. The first-order valence-electron chi connectivity index (χ1n) is 4.44. The minimum atomic E-state index is -0.282. The zero-order valence-corrected chi connectivity index (χ0v) is 7.36. The Morgan fingerprint density at radius 1 is 1.69 bits per heavy atom. The number of aromatic nitrogens is 1. The molecule has 1 aromatic rings. The third-order valence-electron chi connectivity index (χ3n) is 2.36. The normalized spacial score (nSPS) is 22.7. The van der Waals surface area contributed by atoms with Crippen LogP contribution in [0.5, 0.6) is 0 Å². The van der Waals surface area contributed by atoms with E-state index in [2.05, 4.69) is 4.98 Å². The zero-order chi connectivity index (χ0) is 9.26. The number of H-pyrrole nitrogens is 1. The summed E-state index contributed by atoms with van der Waals surface area (Å²) in [4.78, 5) is 16.3. The van der Waals surface area contributed by atoms with E-state index in [1.54, 1.807) is 4.90 Å². The van der Waals surface area contributed by atoms with Crippen molar-refractivity contribution >= 4 is 5.91 Å². The molecule has 0 radical (unpaired) electrons. The molecule has 1 atom stereocenters. The molecule has 70 valence electrons. The van der Waals surface area contributed by atoms with Crippen LogP contribution in [-0.4, -0.2) is 28.4 Å². The number of nitrogens with zero attached hydrogens (tertiary/aromatic N) is 1. The van der Waals surface area contributed by atoms with Crippen LogP contribution >= 0.6 is 0 Å². The van der Waals surface area contributed by atoms with Gasteiger partial charge in [0.1, 0.15) is 0 Å². The summed E-state index contributed by atoms with van der Waals surface area (Å²) in [6.45, 7) is 1.43. The maximum Gasteiger partial charge on any atom is 0.239 e. The lowest BCUT2D eigenvalue weighted by atomic mass is 10.3. The molecule has 0 saturated carbocycles. The number of nitrogens with one attached hydrogen (secondary N) is 1. The number of aromatic amines is 1. The standard InChI is InChI=1S/C9H13N3O/c10-8-3-5-12(9(8)13)6-7-2-1-4-11-7/h1-2,4,8,11H,3,5-6,10H2/t8-/m0/s1. The number of amides is 1. The predicted octanol–water partition coefficient (Wildman–Crippen LogP) is 0.0743. The molecule has 1 aliphatic heterocycles. The lowest BCUT2D eigenvalue weighted by Crippen LogP contribution is -2.33. The summed E-state index contributed by atoms with van der Waals surface area (Å²) in [6.07, 6.45) is 2.63. The topological polar surface area (TPSA) is 62.1 Å². The minimum Gasteiger partial charge on any atom is -0.364 e. The fourth-order valence-corrected chi connectivity index (χ4v) is 1.59. The highest BCUT2D eigenvalue weighted by atomic mass is 16.2. The van der Waals surface area contributed by atoms with Gasteiger partial charge in [-0.25, -0.2) is 0 Å². The summed E-state index contributed by atoms with van der Waals surface area (Å²) >= 11 is 0. The molecule has 2 rings (SSSR count). The van der Waals surface area contributed by atoms with Gasteiger partial charge in [0.05, 0.1) is 12.6 Å². The van der Waals surface area contributed by atoms with Gasteiger partial charge in [0.25, 0.3) is 0 Å². The van der Waals surface area contributed by atoms with E-state index < -0.39 is 0 Å². The van der Waals surface area contributed by atoms with Crippen LogP contribution in [0.2, 0.25) is 0 Å². The molecular weight excluding hydrogens is 166 g/mol. The summed E-state index contributed by atoms with van der Waals surface area (Å²) in [7, 11) is 0. The van der Waals surface area contributed by atoms with Crippen LogP contribution in [0, 0.1) is 0 Å². The number of likely N-dealkylation sites (tertiary alicyclic amines) is 1. The van der Waals surface area contributed by atoms with Crippen molar-refractivity contribution < 1.29 is 4.79 Å². The van der Waals surface area contributed by atoms with Crippen molar-refractivity contribution in [3.8, 4) is 0 Å². The third-order valence-corrected chi connectivity index (χ3v) is 2.36. The Morgan fingerprint density at radius 2 is 2.54 bits per heavy atom. The van der Waals surface area contributed by atoms with Gasteiger partial charge in [-0.05, 0) is 18.6 Å². The minimum absolute atomic E-state index is 0.0644. The van der Waals surface area contributed by atoms with Crippen molar-refractivity contribution in [2.45, 2.75) is 19.0 Å². The number of carbonyl (C=O) groups is 1. The van der Waals surface area contributed by atoms with Crippen LogP contribution in [0.25, 0.3) is 0 Å². The average molecular weight is 179 g/mol. The van der Waals surface area contributed by atoms with Gasteiger partial charge in [-0.15, -0.1) is 0 Å². The molecule has 1 fully saturated rings. The smallest absolute Gasteiger partial charge is 0.239 e. The molecule has 4 heteroatoms. The van der Waals surface area contributed by atoms with E-state index in [0.717, 1.165) is 18.7 Å². The predicted molar refractivity (Wildman–Crippen MR) is 48.8 cm³/mol. The van der Waals surface area contributed by atoms with Crippen molar-refractivity contribution in [1.82, 2.24) is 9.88 Å². The van der Waals surface area contributed by atoms with Gasteiger partial charge in [0, 0.05) is 18.4 Å². The SMILES string of the molecule is N[C@H]1CCN(Cc2ccc[nH]2)C1=O. The molecule has 1 aliphatic rings. The fraction of sp³-hybridized carbons (Fsp3) is 0.444. The van der Waals surface area contributed by atoms with Gasteiger partial charge < -0.3 is 15.6 Å². The van der Waals surface area contributed by atoms with Gasteiger partial charge in [-0.1, -0.05) is 0 Å². The first kappa shape index (κ1) is 8.31. The Morgan fingerprint density at radius 3 is 3.08 bits per heavy atom. The Bertz CT molecular complexity index is 294. The van der Waals surface area contributed by atoms with E-state index in [1.807, 2.05) is 18.3 Å². The highest BCUT2D eigenvalue weighted by Gasteiger charge is 2.28. The highest BCUT2D eigenvalue weighted by Crippen LogP contribution is 2.12. The molecule has 0 unspecified atom stereocenters. The second-order valence-corrected chi connectivity index (χ2v) is 3.35. The number of nitrogens with two attached hydrogens (primary N) is 1. The number of hydrogen-bond donors (Lipinski definition) is 2. The molecule has 0 bridgehead atoms. The van der Waals surface area contributed by atoms with Crippen LogP contribution in [0.3, 0.4) is 0 Å². The van der Waals surface area contributed by atoms with E-state index in [-0.39, 0.29) is 11.9 Å². The Labute approximate surface area is 76.7 Å². The second-order valence-electron chi connectivity index (χ2n) is 3.35. The van der Waals surface area contributed by atoms with Gasteiger partial charge in [-0.2, -0.15) is 0 Å². The third kappa shape index (κ3) is 1.58. The number of carbonyl (C=O) groups excluding carboxylic acids is 1. The quantitative estimate of drug-likeness (QED) is 0.675. The molecule has 0 spiro atoms. The van der Waals surface area contributed by atoms with E-state index in [0.29, 0.717) is 6.54 Å². The number of hydrogen-bond acceptors (Lipinski definition) is 2. The fourth-order valence-electron chi connectivity index (χ4n) is 1.59.